The van der Waals surface area contributed by atoms with E-state index < -0.39 is 0 Å². The van der Waals surface area contributed by atoms with Crippen molar-refractivity contribution in [2.75, 3.05) is 0 Å². The Balaban J connectivity index is 0.000000108. The molecule has 702 valence electrons. The van der Waals surface area contributed by atoms with Gasteiger partial charge in [-0.05, 0) is 217 Å². The van der Waals surface area contributed by atoms with Crippen molar-refractivity contribution in [1.82, 2.24) is 27.4 Å². The van der Waals surface area contributed by atoms with E-state index in [1.54, 1.807) is 0 Å². The van der Waals surface area contributed by atoms with Crippen molar-refractivity contribution in [1.29, 1.82) is 0 Å². The Morgan fingerprint density at radius 3 is 0.753 bits per heavy atom. The largest absolute Gasteiger partial charge is 0.309 e. The van der Waals surface area contributed by atoms with Crippen LogP contribution < -0.4 is 0 Å². The Morgan fingerprint density at radius 2 is 0.367 bits per heavy atom. The second kappa shape index (κ2) is 37.4. The van der Waals surface area contributed by atoms with Gasteiger partial charge in [-0.1, -0.05) is 449 Å². The molecule has 0 radical (unpaired) electrons. The zero-order chi connectivity index (χ0) is 99.1. The Labute approximate surface area is 868 Å². The molecule has 0 atom stereocenters. The van der Waals surface area contributed by atoms with Crippen LogP contribution in [0.15, 0.2) is 582 Å². The molecule has 0 aliphatic heterocycles. The van der Waals surface area contributed by atoms with Gasteiger partial charge in [0.15, 0.2) is 0 Å². The van der Waals surface area contributed by atoms with Crippen molar-refractivity contribution < 1.29 is 0 Å². The highest BCUT2D eigenvalue weighted by Crippen LogP contribution is 2.49. The number of hydrogen-bond acceptors (Lipinski definition) is 0. The fraction of sp³-hybridized carbons (Fsp3) is 0. The minimum absolute atomic E-state index is 1.14. The van der Waals surface area contributed by atoms with Crippen LogP contribution in [0.3, 0.4) is 0 Å². The zero-order valence-corrected chi connectivity index (χ0v) is 82.1. The second-order valence-corrected chi connectivity index (χ2v) is 38.8. The van der Waals surface area contributed by atoms with E-state index in [1.807, 2.05) is 0 Å². The lowest BCUT2D eigenvalue weighted by Crippen LogP contribution is -1.99. The van der Waals surface area contributed by atoms with E-state index in [2.05, 4.69) is 610 Å². The molecule has 0 saturated carbocycles. The first kappa shape index (κ1) is 87.8. The smallest absolute Gasteiger partial charge is 0.0619 e. The first-order chi connectivity index (χ1) is 74.5. The first-order valence-corrected chi connectivity index (χ1v) is 51.6. The van der Waals surface area contributed by atoms with Crippen molar-refractivity contribution in [3.05, 3.63) is 582 Å². The summed E-state index contributed by atoms with van der Waals surface area (Å²) in [5.41, 5.74) is 43.0. The van der Waals surface area contributed by atoms with Gasteiger partial charge in [0, 0.05) is 110 Å². The van der Waals surface area contributed by atoms with E-state index in [1.165, 1.54) is 237 Å². The molecule has 6 nitrogen and oxygen atoms in total. The second-order valence-electron chi connectivity index (χ2n) is 38.8. The third kappa shape index (κ3) is 15.2. The lowest BCUT2D eigenvalue weighted by molar-refractivity contribution is 1.18. The molecule has 0 amide bonds. The third-order valence-corrected chi connectivity index (χ3v) is 30.3. The molecule has 0 aliphatic rings. The summed E-state index contributed by atoms with van der Waals surface area (Å²) < 4.78 is 14.6. The molecule has 6 aromatic heterocycles. The molecule has 0 unspecified atom stereocenters. The molecular formula is C144H96N6. The summed E-state index contributed by atoms with van der Waals surface area (Å²) in [5.74, 6) is 0. The van der Waals surface area contributed by atoms with Gasteiger partial charge in [0.25, 0.3) is 0 Å². The van der Waals surface area contributed by atoms with Gasteiger partial charge in [0.1, 0.15) is 0 Å². The van der Waals surface area contributed by atoms with E-state index in [0.29, 0.717) is 0 Å². The molecule has 150 heavy (non-hydrogen) atoms. The predicted octanol–water partition coefficient (Wildman–Crippen LogP) is 38.6. The monoisotopic (exact) mass is 1910 g/mol. The average molecular weight is 1910 g/mol. The van der Waals surface area contributed by atoms with Gasteiger partial charge in [-0.3, -0.25) is 0 Å². The zero-order valence-electron chi connectivity index (χ0n) is 82.1. The molecule has 6 heterocycles. The first-order valence-electron chi connectivity index (χ1n) is 51.6. The topological polar surface area (TPSA) is 29.6 Å². The fourth-order valence-electron chi connectivity index (χ4n) is 23.7. The lowest BCUT2D eigenvalue weighted by Gasteiger charge is -2.18. The maximum Gasteiger partial charge on any atom is 0.0619 e. The normalized spacial score (nSPS) is 11.6. The number of para-hydroxylation sites is 11. The molecule has 0 aliphatic carbocycles. The number of hydrogen-bond donors (Lipinski definition) is 0. The summed E-state index contributed by atoms with van der Waals surface area (Å²) in [5, 5.41) is 15.0. The van der Waals surface area contributed by atoms with Crippen molar-refractivity contribution in [3.63, 3.8) is 0 Å². The summed E-state index contributed by atoms with van der Waals surface area (Å²) in [6, 6.07) is 211. The Kier molecular flexibility index (Phi) is 21.9. The molecule has 6 heteroatoms. The van der Waals surface area contributed by atoms with Crippen LogP contribution in [0.4, 0.5) is 0 Å². The van der Waals surface area contributed by atoms with Crippen molar-refractivity contribution in [2.45, 2.75) is 0 Å². The highest BCUT2D eigenvalue weighted by molar-refractivity contribution is 6.20. The van der Waals surface area contributed by atoms with Gasteiger partial charge < -0.3 is 27.4 Å². The third-order valence-electron chi connectivity index (χ3n) is 30.3. The predicted molar refractivity (Wildman–Crippen MR) is 634 cm³/mol. The lowest BCUT2D eigenvalue weighted by atomic mass is 9.92. The minimum Gasteiger partial charge on any atom is -0.309 e. The van der Waals surface area contributed by atoms with Crippen LogP contribution >= 0.6 is 0 Å². The van der Waals surface area contributed by atoms with Crippen molar-refractivity contribution in [3.8, 4) is 134 Å². The van der Waals surface area contributed by atoms with Gasteiger partial charge in [-0.2, -0.15) is 0 Å². The van der Waals surface area contributed by atoms with Crippen LogP contribution in [0.5, 0.6) is 0 Å². The van der Waals surface area contributed by atoms with Gasteiger partial charge in [-0.15, -0.1) is 0 Å². The van der Waals surface area contributed by atoms with Crippen LogP contribution in [0.2, 0.25) is 0 Å². The number of aromatic nitrogens is 6. The number of benzene rings is 24. The Hall–Kier alpha value is -19.9. The standard InChI is InChI=1S/3C48H32N2/c1-4-15-33(16-5-1)38-30-28-37(32-44(38)34-17-6-2-7-18-34)50-46-26-13-11-22-41(46)43-24-14-23-39(48(43)50)35-27-29-42-40-21-10-12-25-45(40)49(47(42)31-35)36-19-8-3-9-20-36;1-4-15-33(16-5-1)36-29-37(34-17-6-2-7-18-34)31-39(30-36)50-46-26-13-11-22-42(46)44-24-14-23-40(48(44)50)35-27-28-43-41-21-10-12-25-45(41)49(47(43)32-35)38-19-8-3-9-20-38;1-4-15-33(16-5-1)38-23-14-26-45(48(38)34-17-6-2-7-18-34)50-44-25-13-11-22-40(44)42-30-28-36(32-47(42)50)35-27-29-41-39-21-10-12-24-43(39)49(46(41)31-35)37-19-8-3-9-20-37/h3*1-32H. The van der Waals surface area contributed by atoms with E-state index in [4.69, 9.17) is 0 Å². The Morgan fingerprint density at radius 1 is 0.100 bits per heavy atom. The van der Waals surface area contributed by atoms with Crippen LogP contribution in [0.25, 0.3) is 265 Å². The highest BCUT2D eigenvalue weighted by Gasteiger charge is 2.27. The quantitative estimate of drug-likeness (QED) is 0.0979. The molecule has 0 bridgehead atoms. The SMILES string of the molecule is c1ccc(-c2cc(-c3ccccc3)cc(-n3c4ccccc4c4cccc(-c5ccc6c7ccccc7n(-c7ccccc7)c6c5)c43)c2)cc1.c1ccc(-c2ccc(-n3c4ccccc4c4cccc(-c5ccc6c7ccccc7n(-c7ccccc7)c6c5)c43)cc2-c2ccccc2)cc1.c1ccc(-c2cccc(-n3c4ccccc4c4ccc(-c5ccc6c7ccccc7n(-c7ccccc7)c6c5)cc43)c2-c2ccccc2)cc1. The highest BCUT2D eigenvalue weighted by atomic mass is 15.0. The van der Waals surface area contributed by atoms with Crippen LogP contribution in [-0.2, 0) is 0 Å². The van der Waals surface area contributed by atoms with Crippen molar-refractivity contribution in [2.24, 2.45) is 0 Å². The molecule has 30 aromatic rings. The summed E-state index contributed by atoms with van der Waals surface area (Å²) >= 11 is 0. The molecule has 0 N–H and O–H groups in total. The molecule has 24 aromatic carbocycles. The summed E-state index contributed by atoms with van der Waals surface area (Å²) in [4.78, 5) is 0. The van der Waals surface area contributed by atoms with Crippen LogP contribution in [0.1, 0.15) is 0 Å². The molecule has 30 rings (SSSR count). The van der Waals surface area contributed by atoms with Gasteiger partial charge in [0.05, 0.1) is 71.9 Å². The van der Waals surface area contributed by atoms with Gasteiger partial charge in [0.2, 0.25) is 0 Å². The average Bonchev–Trinajstić information content (AvgIpc) is 1.57. The Bertz CT molecular complexity index is 10400. The number of nitrogens with zero attached hydrogens (tertiary/aromatic N) is 6. The molecule has 0 spiro atoms. The fourth-order valence-corrected chi connectivity index (χ4v) is 23.7. The molecule has 0 fully saturated rings. The number of rotatable bonds is 15. The van der Waals surface area contributed by atoms with E-state index in [-0.39, 0.29) is 0 Å². The summed E-state index contributed by atoms with van der Waals surface area (Å²) in [6.45, 7) is 0. The maximum absolute atomic E-state index is 2.48. The molecule has 0 saturated heterocycles. The van der Waals surface area contributed by atoms with E-state index >= 15 is 0 Å². The summed E-state index contributed by atoms with van der Waals surface area (Å²) in [6.07, 6.45) is 0. The van der Waals surface area contributed by atoms with Crippen LogP contribution in [-0.4, -0.2) is 27.4 Å². The van der Waals surface area contributed by atoms with Gasteiger partial charge >= 0.3 is 0 Å². The summed E-state index contributed by atoms with van der Waals surface area (Å²) in [7, 11) is 0. The maximum atomic E-state index is 2.48. The van der Waals surface area contributed by atoms with E-state index in [9.17, 15) is 0 Å². The van der Waals surface area contributed by atoms with Gasteiger partial charge in [-0.25, -0.2) is 0 Å². The van der Waals surface area contributed by atoms with Crippen LogP contribution in [0, 0.1) is 0 Å². The van der Waals surface area contributed by atoms with Crippen molar-refractivity contribution >= 4 is 131 Å². The minimum atomic E-state index is 1.14. The molecular weight excluding hydrogens is 1810 g/mol. The van der Waals surface area contributed by atoms with E-state index in [0.717, 1.165) is 28.4 Å². The number of fused-ring (bicyclic) bond motifs is 18.